The van der Waals surface area contributed by atoms with E-state index in [4.69, 9.17) is 0 Å². The fourth-order valence-electron chi connectivity index (χ4n) is 3.82. The SMILES string of the molecule is CCCCN1C(=O)CCc2cc(NC(=O)c3cccc4ccccc34)ccc21. The number of amides is 2. The third-order valence-corrected chi connectivity index (χ3v) is 5.31. The molecule has 2 amide bonds. The summed E-state index contributed by atoms with van der Waals surface area (Å²) in [7, 11) is 0. The molecular weight excluding hydrogens is 348 g/mol. The number of rotatable bonds is 5. The Labute approximate surface area is 165 Å². The highest BCUT2D eigenvalue weighted by Gasteiger charge is 2.24. The number of unbranched alkanes of at least 4 members (excludes halogenated alkanes) is 1. The highest BCUT2D eigenvalue weighted by molar-refractivity contribution is 6.13. The van der Waals surface area contributed by atoms with E-state index in [0.29, 0.717) is 12.0 Å². The number of carbonyl (C=O) groups is 2. The van der Waals surface area contributed by atoms with Crippen LogP contribution in [-0.4, -0.2) is 18.4 Å². The Morgan fingerprint density at radius 3 is 2.71 bits per heavy atom. The summed E-state index contributed by atoms with van der Waals surface area (Å²) in [6.45, 7) is 2.88. The molecule has 0 radical (unpaired) electrons. The smallest absolute Gasteiger partial charge is 0.256 e. The second-order valence-electron chi connectivity index (χ2n) is 7.22. The van der Waals surface area contributed by atoms with Gasteiger partial charge in [0.15, 0.2) is 0 Å². The highest BCUT2D eigenvalue weighted by atomic mass is 16.2. The molecule has 0 spiro atoms. The molecule has 142 valence electrons. The van der Waals surface area contributed by atoms with Crippen LogP contribution in [0.1, 0.15) is 42.1 Å². The summed E-state index contributed by atoms with van der Waals surface area (Å²) in [5, 5.41) is 5.02. The van der Waals surface area contributed by atoms with E-state index in [1.165, 1.54) is 0 Å². The molecule has 0 aromatic heterocycles. The second-order valence-corrected chi connectivity index (χ2v) is 7.22. The van der Waals surface area contributed by atoms with Gasteiger partial charge in [-0.15, -0.1) is 0 Å². The maximum Gasteiger partial charge on any atom is 0.256 e. The van der Waals surface area contributed by atoms with Crippen LogP contribution >= 0.6 is 0 Å². The molecule has 0 saturated carbocycles. The first-order valence-electron chi connectivity index (χ1n) is 9.90. The number of nitrogens with zero attached hydrogens (tertiary/aromatic N) is 1. The molecule has 0 atom stereocenters. The fourth-order valence-corrected chi connectivity index (χ4v) is 3.82. The molecular formula is C24H24N2O2. The van der Waals surface area contributed by atoms with Gasteiger partial charge in [0.25, 0.3) is 5.91 Å². The zero-order valence-corrected chi connectivity index (χ0v) is 16.1. The number of benzene rings is 3. The van der Waals surface area contributed by atoms with E-state index in [1.807, 2.05) is 65.6 Å². The van der Waals surface area contributed by atoms with Gasteiger partial charge in [0.05, 0.1) is 0 Å². The maximum atomic E-state index is 12.9. The quantitative estimate of drug-likeness (QED) is 0.671. The lowest BCUT2D eigenvalue weighted by molar-refractivity contribution is -0.118. The van der Waals surface area contributed by atoms with Gasteiger partial charge in [-0.05, 0) is 53.4 Å². The fraction of sp³-hybridized carbons (Fsp3) is 0.250. The van der Waals surface area contributed by atoms with Crippen molar-refractivity contribution in [3.8, 4) is 0 Å². The van der Waals surface area contributed by atoms with E-state index in [0.717, 1.165) is 53.5 Å². The van der Waals surface area contributed by atoms with Crippen LogP contribution in [-0.2, 0) is 11.2 Å². The topological polar surface area (TPSA) is 49.4 Å². The Balaban J connectivity index is 1.59. The molecule has 0 bridgehead atoms. The van der Waals surface area contributed by atoms with Gasteiger partial charge < -0.3 is 10.2 Å². The minimum atomic E-state index is -0.119. The third kappa shape index (κ3) is 3.50. The van der Waals surface area contributed by atoms with Gasteiger partial charge in [-0.3, -0.25) is 9.59 Å². The van der Waals surface area contributed by atoms with E-state index in [9.17, 15) is 9.59 Å². The minimum absolute atomic E-state index is 0.119. The van der Waals surface area contributed by atoms with Gasteiger partial charge >= 0.3 is 0 Å². The van der Waals surface area contributed by atoms with Crippen LogP contribution in [0.5, 0.6) is 0 Å². The van der Waals surface area contributed by atoms with E-state index in [-0.39, 0.29) is 11.8 Å². The third-order valence-electron chi connectivity index (χ3n) is 5.31. The van der Waals surface area contributed by atoms with Crippen molar-refractivity contribution >= 4 is 34.0 Å². The van der Waals surface area contributed by atoms with Crippen LogP contribution in [0.4, 0.5) is 11.4 Å². The molecule has 3 aromatic carbocycles. The van der Waals surface area contributed by atoms with Crippen molar-refractivity contribution in [2.24, 2.45) is 0 Å². The number of carbonyl (C=O) groups excluding carboxylic acids is 2. The van der Waals surface area contributed by atoms with Crippen LogP contribution in [0.25, 0.3) is 10.8 Å². The zero-order valence-electron chi connectivity index (χ0n) is 16.1. The van der Waals surface area contributed by atoms with Crippen LogP contribution < -0.4 is 10.2 Å². The number of nitrogens with one attached hydrogen (secondary N) is 1. The van der Waals surface area contributed by atoms with Crippen LogP contribution in [0.3, 0.4) is 0 Å². The Kier molecular flexibility index (Phi) is 5.11. The van der Waals surface area contributed by atoms with Crippen molar-refractivity contribution < 1.29 is 9.59 Å². The summed E-state index contributed by atoms with van der Waals surface area (Å²) in [4.78, 5) is 27.1. The van der Waals surface area contributed by atoms with Crippen molar-refractivity contribution in [1.82, 2.24) is 0 Å². The van der Waals surface area contributed by atoms with Gasteiger partial charge in [-0.2, -0.15) is 0 Å². The van der Waals surface area contributed by atoms with Gasteiger partial charge in [-0.25, -0.2) is 0 Å². The molecule has 4 nitrogen and oxygen atoms in total. The molecule has 1 aliphatic heterocycles. The van der Waals surface area contributed by atoms with Gasteiger partial charge in [-0.1, -0.05) is 49.7 Å². The van der Waals surface area contributed by atoms with Crippen molar-refractivity contribution in [1.29, 1.82) is 0 Å². The summed E-state index contributed by atoms with van der Waals surface area (Å²) in [5.74, 6) is 0.0694. The lowest BCUT2D eigenvalue weighted by Crippen LogP contribution is -2.35. The molecule has 0 aliphatic carbocycles. The Morgan fingerprint density at radius 2 is 1.86 bits per heavy atom. The molecule has 0 fully saturated rings. The standard InChI is InChI=1S/C24H24N2O2/c1-2-3-15-26-22-13-12-19(16-18(22)11-14-23(26)27)25-24(28)21-10-6-8-17-7-4-5-9-20(17)21/h4-10,12-13,16H,2-3,11,14-15H2,1H3,(H,25,28). The summed E-state index contributed by atoms with van der Waals surface area (Å²) >= 11 is 0. The molecule has 28 heavy (non-hydrogen) atoms. The van der Waals surface area contributed by atoms with E-state index < -0.39 is 0 Å². The average Bonchev–Trinajstić information content (AvgIpc) is 2.72. The number of anilines is 2. The Morgan fingerprint density at radius 1 is 1.04 bits per heavy atom. The molecule has 4 heteroatoms. The average molecular weight is 372 g/mol. The Hall–Kier alpha value is -3.14. The monoisotopic (exact) mass is 372 g/mol. The van der Waals surface area contributed by atoms with Crippen molar-refractivity contribution in [3.63, 3.8) is 0 Å². The zero-order chi connectivity index (χ0) is 19.5. The predicted molar refractivity (Wildman–Crippen MR) is 114 cm³/mol. The minimum Gasteiger partial charge on any atom is -0.322 e. The highest BCUT2D eigenvalue weighted by Crippen LogP contribution is 2.31. The number of hydrogen-bond donors (Lipinski definition) is 1. The van der Waals surface area contributed by atoms with Crippen molar-refractivity contribution in [3.05, 3.63) is 71.8 Å². The van der Waals surface area contributed by atoms with Crippen molar-refractivity contribution in [2.75, 3.05) is 16.8 Å². The van der Waals surface area contributed by atoms with Crippen LogP contribution in [0.2, 0.25) is 0 Å². The molecule has 1 heterocycles. The first kappa shape index (κ1) is 18.2. The summed E-state index contributed by atoms with van der Waals surface area (Å²) < 4.78 is 0. The van der Waals surface area contributed by atoms with E-state index >= 15 is 0 Å². The number of aryl methyl sites for hydroxylation is 1. The van der Waals surface area contributed by atoms with Crippen molar-refractivity contribution in [2.45, 2.75) is 32.6 Å². The number of fused-ring (bicyclic) bond motifs is 2. The lowest BCUT2D eigenvalue weighted by Gasteiger charge is -2.29. The molecule has 3 aromatic rings. The van der Waals surface area contributed by atoms with Crippen LogP contribution in [0, 0.1) is 0 Å². The molecule has 0 unspecified atom stereocenters. The maximum absolute atomic E-state index is 12.9. The molecule has 1 aliphatic rings. The predicted octanol–water partition coefficient (Wildman–Crippen LogP) is 5.17. The van der Waals surface area contributed by atoms with Gasteiger partial charge in [0.2, 0.25) is 5.91 Å². The normalized spacial score (nSPS) is 13.5. The van der Waals surface area contributed by atoms with E-state index in [2.05, 4.69) is 12.2 Å². The lowest BCUT2D eigenvalue weighted by atomic mass is 9.99. The van der Waals surface area contributed by atoms with Gasteiger partial charge in [0.1, 0.15) is 0 Å². The summed E-state index contributed by atoms with van der Waals surface area (Å²) in [5.41, 5.74) is 3.52. The Bertz CT molecular complexity index is 1040. The largest absolute Gasteiger partial charge is 0.322 e. The van der Waals surface area contributed by atoms with E-state index in [1.54, 1.807) is 0 Å². The molecule has 1 N–H and O–H groups in total. The van der Waals surface area contributed by atoms with Gasteiger partial charge in [0, 0.05) is 29.9 Å². The molecule has 4 rings (SSSR count). The first-order valence-corrected chi connectivity index (χ1v) is 9.90. The van der Waals surface area contributed by atoms with Crippen LogP contribution in [0.15, 0.2) is 60.7 Å². The second kappa shape index (κ2) is 7.85. The number of hydrogen-bond acceptors (Lipinski definition) is 2. The summed E-state index contributed by atoms with van der Waals surface area (Å²) in [6, 6.07) is 19.5. The molecule has 0 saturated heterocycles. The first-order chi connectivity index (χ1) is 13.7. The summed E-state index contributed by atoms with van der Waals surface area (Å²) in [6.07, 6.45) is 3.29.